The average Bonchev–Trinajstić information content (AvgIpc) is 3.20. The van der Waals surface area contributed by atoms with Crippen molar-refractivity contribution in [3.05, 3.63) is 17.8 Å². The standard InChI is InChI=1S/C15H19N3O5S/c1-9-13(16-8-23-9)15(20)18-5-4-17(14(19)10-2-3-10)11-6-24(21,22)7-12(11)18/h8,10-12H,2-7H2,1H3/t11-,12+/m1/s1. The van der Waals surface area contributed by atoms with Crippen molar-refractivity contribution in [3.63, 3.8) is 0 Å². The maximum atomic E-state index is 12.8. The highest BCUT2D eigenvalue weighted by Crippen LogP contribution is 2.35. The monoisotopic (exact) mass is 353 g/mol. The minimum atomic E-state index is -3.28. The molecule has 3 heterocycles. The highest BCUT2D eigenvalue weighted by atomic mass is 32.2. The second-order valence-corrected chi connectivity index (χ2v) is 8.93. The van der Waals surface area contributed by atoms with E-state index in [1.165, 1.54) is 6.39 Å². The molecule has 24 heavy (non-hydrogen) atoms. The van der Waals surface area contributed by atoms with Crippen LogP contribution in [0.3, 0.4) is 0 Å². The van der Waals surface area contributed by atoms with Crippen molar-refractivity contribution in [1.82, 2.24) is 14.8 Å². The smallest absolute Gasteiger partial charge is 0.276 e. The van der Waals surface area contributed by atoms with E-state index >= 15 is 0 Å². The predicted octanol–water partition coefficient (Wildman–Crippen LogP) is -0.157. The summed E-state index contributed by atoms with van der Waals surface area (Å²) in [6, 6.07) is -0.956. The fraction of sp³-hybridized carbons (Fsp3) is 0.667. The molecule has 2 atom stereocenters. The third-order valence-electron chi connectivity index (χ3n) is 5.09. The van der Waals surface area contributed by atoms with Gasteiger partial charge < -0.3 is 14.2 Å². The number of aryl methyl sites for hydroxylation is 1. The van der Waals surface area contributed by atoms with Gasteiger partial charge in [0.15, 0.2) is 21.9 Å². The van der Waals surface area contributed by atoms with Crippen LogP contribution < -0.4 is 0 Å². The zero-order valence-corrected chi connectivity index (χ0v) is 14.2. The molecule has 2 saturated heterocycles. The van der Waals surface area contributed by atoms with Crippen molar-refractivity contribution in [3.8, 4) is 0 Å². The molecule has 4 rings (SSSR count). The summed E-state index contributed by atoms with van der Waals surface area (Å²) in [4.78, 5) is 32.4. The van der Waals surface area contributed by atoms with Crippen LogP contribution in [0.1, 0.15) is 29.1 Å². The van der Waals surface area contributed by atoms with E-state index in [9.17, 15) is 18.0 Å². The summed E-state index contributed by atoms with van der Waals surface area (Å²) in [5.41, 5.74) is 0.208. The van der Waals surface area contributed by atoms with Gasteiger partial charge in [-0.1, -0.05) is 0 Å². The second kappa shape index (κ2) is 5.30. The number of hydrogen-bond acceptors (Lipinski definition) is 6. The van der Waals surface area contributed by atoms with Crippen molar-refractivity contribution in [2.75, 3.05) is 24.6 Å². The minimum Gasteiger partial charge on any atom is -0.448 e. The van der Waals surface area contributed by atoms with Gasteiger partial charge in [0, 0.05) is 19.0 Å². The summed E-state index contributed by atoms with van der Waals surface area (Å²) in [5, 5.41) is 0. The molecule has 8 nitrogen and oxygen atoms in total. The van der Waals surface area contributed by atoms with Gasteiger partial charge in [-0.05, 0) is 19.8 Å². The Kier molecular flexibility index (Phi) is 3.45. The minimum absolute atomic E-state index is 0.0341. The molecule has 2 amide bonds. The molecule has 0 aromatic carbocycles. The Morgan fingerprint density at radius 1 is 1.17 bits per heavy atom. The van der Waals surface area contributed by atoms with Crippen LogP contribution >= 0.6 is 0 Å². The van der Waals surface area contributed by atoms with Crippen molar-refractivity contribution >= 4 is 21.7 Å². The Morgan fingerprint density at radius 2 is 1.79 bits per heavy atom. The Hall–Kier alpha value is -1.90. The van der Waals surface area contributed by atoms with E-state index in [-0.39, 0.29) is 34.9 Å². The first kappa shape index (κ1) is 15.6. The topological polar surface area (TPSA) is 101 Å². The van der Waals surface area contributed by atoms with Gasteiger partial charge >= 0.3 is 0 Å². The van der Waals surface area contributed by atoms with Gasteiger partial charge in [-0.3, -0.25) is 9.59 Å². The van der Waals surface area contributed by atoms with E-state index in [0.29, 0.717) is 18.8 Å². The Labute approximate surface area is 139 Å². The molecule has 0 radical (unpaired) electrons. The van der Waals surface area contributed by atoms with E-state index in [2.05, 4.69) is 4.98 Å². The molecule has 0 unspecified atom stereocenters. The quantitative estimate of drug-likeness (QED) is 0.732. The lowest BCUT2D eigenvalue weighted by Gasteiger charge is -2.43. The van der Waals surface area contributed by atoms with Crippen molar-refractivity contribution in [1.29, 1.82) is 0 Å². The molecule has 0 N–H and O–H groups in total. The number of amides is 2. The van der Waals surface area contributed by atoms with Gasteiger partial charge in [0.25, 0.3) is 5.91 Å². The molecule has 0 spiro atoms. The predicted molar refractivity (Wildman–Crippen MR) is 82.9 cm³/mol. The number of rotatable bonds is 2. The van der Waals surface area contributed by atoms with Gasteiger partial charge in [-0.15, -0.1) is 0 Å². The molecule has 0 bridgehead atoms. The lowest BCUT2D eigenvalue weighted by Crippen LogP contribution is -2.62. The Balaban J connectivity index is 1.63. The highest BCUT2D eigenvalue weighted by Gasteiger charge is 2.51. The largest absolute Gasteiger partial charge is 0.448 e. The highest BCUT2D eigenvalue weighted by molar-refractivity contribution is 7.91. The molecule has 1 aromatic heterocycles. The fourth-order valence-electron chi connectivity index (χ4n) is 3.69. The van der Waals surface area contributed by atoms with Crippen LogP contribution in [0.15, 0.2) is 10.8 Å². The van der Waals surface area contributed by atoms with Crippen molar-refractivity contribution < 1.29 is 22.4 Å². The van der Waals surface area contributed by atoms with Gasteiger partial charge in [-0.2, -0.15) is 0 Å². The summed E-state index contributed by atoms with van der Waals surface area (Å²) < 4.78 is 29.4. The van der Waals surface area contributed by atoms with E-state index in [0.717, 1.165) is 12.8 Å². The zero-order valence-electron chi connectivity index (χ0n) is 13.3. The first-order valence-electron chi connectivity index (χ1n) is 8.09. The number of piperazine rings is 1. The summed E-state index contributed by atoms with van der Waals surface area (Å²) >= 11 is 0. The van der Waals surface area contributed by atoms with Crippen LogP contribution in [0.4, 0.5) is 0 Å². The number of hydrogen-bond donors (Lipinski definition) is 0. The maximum Gasteiger partial charge on any atom is 0.276 e. The lowest BCUT2D eigenvalue weighted by molar-refractivity contribution is -0.137. The van der Waals surface area contributed by atoms with Gasteiger partial charge in [-0.25, -0.2) is 13.4 Å². The van der Waals surface area contributed by atoms with Crippen molar-refractivity contribution in [2.24, 2.45) is 5.92 Å². The molecule has 2 aliphatic heterocycles. The number of sulfone groups is 1. The molecular formula is C15H19N3O5S. The second-order valence-electron chi connectivity index (χ2n) is 6.77. The van der Waals surface area contributed by atoms with Crippen molar-refractivity contribution in [2.45, 2.75) is 31.8 Å². The van der Waals surface area contributed by atoms with Crippen LogP contribution in [-0.2, 0) is 14.6 Å². The maximum absolute atomic E-state index is 12.8. The van der Waals surface area contributed by atoms with E-state index in [4.69, 9.17) is 4.42 Å². The van der Waals surface area contributed by atoms with Gasteiger partial charge in [0.2, 0.25) is 5.91 Å². The normalized spacial score (nSPS) is 28.7. The summed E-state index contributed by atoms with van der Waals surface area (Å²) in [6.07, 6.45) is 2.96. The number of oxazole rings is 1. The number of nitrogens with zero attached hydrogens (tertiary/aromatic N) is 3. The molecule has 9 heteroatoms. The molecule has 130 valence electrons. The first-order valence-corrected chi connectivity index (χ1v) is 9.91. The third kappa shape index (κ3) is 2.51. The number of carbonyl (C=O) groups is 2. The average molecular weight is 353 g/mol. The van der Waals surface area contributed by atoms with Crippen LogP contribution in [0.2, 0.25) is 0 Å². The van der Waals surface area contributed by atoms with Crippen LogP contribution in [0, 0.1) is 12.8 Å². The zero-order chi connectivity index (χ0) is 17.1. The van der Waals surface area contributed by atoms with Crippen LogP contribution in [0.5, 0.6) is 0 Å². The summed E-state index contributed by atoms with van der Waals surface area (Å²) in [5.74, 6) is -0.0199. The van der Waals surface area contributed by atoms with E-state index in [1.807, 2.05) is 0 Å². The van der Waals surface area contributed by atoms with E-state index in [1.54, 1.807) is 16.7 Å². The Morgan fingerprint density at radius 3 is 2.38 bits per heavy atom. The number of carbonyl (C=O) groups excluding carboxylic acids is 2. The number of fused-ring (bicyclic) bond motifs is 1. The lowest BCUT2D eigenvalue weighted by atomic mass is 10.0. The van der Waals surface area contributed by atoms with E-state index < -0.39 is 21.9 Å². The molecule has 3 fully saturated rings. The SMILES string of the molecule is Cc1ocnc1C(=O)N1CCN(C(=O)C2CC2)[C@@H]2CS(=O)(=O)C[C@@H]21. The van der Waals surface area contributed by atoms with Gasteiger partial charge in [0.1, 0.15) is 5.76 Å². The summed E-state index contributed by atoms with van der Waals surface area (Å²) in [6.45, 7) is 2.34. The van der Waals surface area contributed by atoms with Gasteiger partial charge in [0.05, 0.1) is 23.6 Å². The molecule has 1 aromatic rings. The fourth-order valence-corrected chi connectivity index (χ4v) is 5.67. The Bertz CT molecular complexity index is 798. The van der Waals surface area contributed by atoms with Crippen LogP contribution in [0.25, 0.3) is 0 Å². The molecular weight excluding hydrogens is 334 g/mol. The molecule has 1 aliphatic carbocycles. The molecule has 3 aliphatic rings. The third-order valence-corrected chi connectivity index (χ3v) is 6.79. The first-order chi connectivity index (χ1) is 11.4. The number of aromatic nitrogens is 1. The van der Waals surface area contributed by atoms with Crippen LogP contribution in [-0.4, -0.2) is 71.7 Å². The summed E-state index contributed by atoms with van der Waals surface area (Å²) in [7, 11) is -3.28. The molecule has 1 saturated carbocycles.